The van der Waals surface area contributed by atoms with E-state index in [0.717, 1.165) is 0 Å². The first-order valence-electron chi connectivity index (χ1n) is 10.4. The summed E-state index contributed by atoms with van der Waals surface area (Å²) < 4.78 is 16.4. The predicted octanol–water partition coefficient (Wildman–Crippen LogP) is 5.07. The topological polar surface area (TPSA) is 98.2 Å². The number of hydrogen-bond acceptors (Lipinski definition) is 6. The monoisotopic (exact) mass is 515 g/mol. The van der Waals surface area contributed by atoms with Crippen molar-refractivity contribution in [2.75, 3.05) is 19.5 Å². The summed E-state index contributed by atoms with van der Waals surface area (Å²) in [5.41, 5.74) is 4.37. The molecular formula is C25H23Cl2N3O5. The van der Waals surface area contributed by atoms with Crippen LogP contribution in [0, 0.1) is 0 Å². The average Bonchev–Trinajstić information content (AvgIpc) is 2.87. The highest BCUT2D eigenvalue weighted by Crippen LogP contribution is 2.31. The van der Waals surface area contributed by atoms with E-state index in [2.05, 4.69) is 15.8 Å². The molecule has 3 aromatic rings. The van der Waals surface area contributed by atoms with Crippen molar-refractivity contribution in [3.8, 4) is 17.2 Å². The van der Waals surface area contributed by atoms with Crippen LogP contribution in [0.2, 0.25) is 10.0 Å². The number of rotatable bonds is 8. The van der Waals surface area contributed by atoms with Crippen LogP contribution in [0.25, 0.3) is 0 Å². The number of halogens is 2. The molecule has 0 unspecified atom stereocenters. The van der Waals surface area contributed by atoms with E-state index >= 15 is 0 Å². The van der Waals surface area contributed by atoms with Gasteiger partial charge in [-0.25, -0.2) is 5.43 Å². The fraction of sp³-hybridized carbons (Fsp3) is 0.160. The number of carbonyl (C=O) groups is 2. The number of anilines is 1. The van der Waals surface area contributed by atoms with E-state index in [9.17, 15) is 9.59 Å². The minimum absolute atomic E-state index is 0.151. The van der Waals surface area contributed by atoms with E-state index in [-0.39, 0.29) is 6.61 Å². The van der Waals surface area contributed by atoms with E-state index in [1.807, 2.05) is 0 Å². The van der Waals surface area contributed by atoms with Crippen LogP contribution < -0.4 is 25.0 Å². The molecule has 8 nitrogen and oxygen atoms in total. The van der Waals surface area contributed by atoms with Gasteiger partial charge in [0.05, 0.1) is 25.6 Å². The Kier molecular flexibility index (Phi) is 8.94. The van der Waals surface area contributed by atoms with Crippen LogP contribution in [-0.2, 0) is 16.2 Å². The lowest BCUT2D eigenvalue weighted by molar-refractivity contribution is -0.136. The number of benzene rings is 3. The Bertz CT molecular complexity index is 1240. The lowest BCUT2D eigenvalue weighted by atomic mass is 10.1. The molecule has 0 atom stereocenters. The first-order chi connectivity index (χ1) is 16.8. The summed E-state index contributed by atoms with van der Waals surface area (Å²) in [6.45, 7) is 1.83. The van der Waals surface area contributed by atoms with Crippen molar-refractivity contribution in [1.29, 1.82) is 0 Å². The summed E-state index contributed by atoms with van der Waals surface area (Å²) in [6.07, 6.45) is 0. The molecule has 2 amide bonds. The van der Waals surface area contributed by atoms with E-state index in [1.165, 1.54) is 14.2 Å². The lowest BCUT2D eigenvalue weighted by Crippen LogP contribution is -2.33. The van der Waals surface area contributed by atoms with Gasteiger partial charge in [-0.2, -0.15) is 5.10 Å². The van der Waals surface area contributed by atoms with Gasteiger partial charge in [0, 0.05) is 21.2 Å². The third kappa shape index (κ3) is 6.65. The van der Waals surface area contributed by atoms with Gasteiger partial charge in [-0.05, 0) is 49.4 Å². The third-order valence-corrected chi connectivity index (χ3v) is 5.61. The van der Waals surface area contributed by atoms with Gasteiger partial charge in [0.25, 0.3) is 0 Å². The van der Waals surface area contributed by atoms with Gasteiger partial charge in [-0.1, -0.05) is 41.4 Å². The smallest absolute Gasteiger partial charge is 0.329 e. The van der Waals surface area contributed by atoms with E-state index in [4.69, 9.17) is 37.4 Å². The number of para-hydroxylation sites is 2. The largest absolute Gasteiger partial charge is 0.495 e. The molecule has 0 aromatic heterocycles. The zero-order valence-electron chi connectivity index (χ0n) is 19.2. The van der Waals surface area contributed by atoms with Crippen LogP contribution in [-0.4, -0.2) is 31.7 Å². The maximum Gasteiger partial charge on any atom is 0.329 e. The van der Waals surface area contributed by atoms with Crippen LogP contribution in [0.5, 0.6) is 17.2 Å². The molecule has 0 heterocycles. The summed E-state index contributed by atoms with van der Waals surface area (Å²) in [5.74, 6) is -0.468. The Morgan fingerprint density at radius 1 is 0.857 bits per heavy atom. The zero-order valence-corrected chi connectivity index (χ0v) is 20.7. The molecule has 0 spiro atoms. The van der Waals surface area contributed by atoms with Gasteiger partial charge in [-0.3, -0.25) is 9.59 Å². The minimum atomic E-state index is -0.932. The molecule has 0 aliphatic heterocycles. The standard InChI is InChI=1S/C25H23Cl2N3O5/c1-15(29-30-25(32)24(31)28-20-9-4-5-10-21(20)33-2)16-11-12-22(23(13-16)34-3)35-14-17-18(26)7-6-8-19(17)27/h4-13H,14H2,1-3H3,(H,28,31)(H,30,32)/b29-15+. The van der Waals surface area contributed by atoms with Gasteiger partial charge in [0.15, 0.2) is 11.5 Å². The highest BCUT2D eigenvalue weighted by molar-refractivity contribution is 6.39. The fourth-order valence-corrected chi connectivity index (χ4v) is 3.52. The molecule has 0 aliphatic carbocycles. The van der Waals surface area contributed by atoms with Crippen molar-refractivity contribution in [2.24, 2.45) is 5.10 Å². The molecule has 0 saturated heterocycles. The average molecular weight is 516 g/mol. The zero-order chi connectivity index (χ0) is 25.4. The molecule has 3 aromatic carbocycles. The predicted molar refractivity (Wildman–Crippen MR) is 136 cm³/mol. The molecule has 3 rings (SSSR count). The van der Waals surface area contributed by atoms with Gasteiger partial charge in [-0.15, -0.1) is 0 Å². The SMILES string of the molecule is COc1ccccc1NC(=O)C(=O)N/N=C(\C)c1ccc(OCc2c(Cl)cccc2Cl)c(OC)c1. The Morgan fingerprint density at radius 3 is 2.23 bits per heavy atom. The Balaban J connectivity index is 1.66. The maximum absolute atomic E-state index is 12.2. The number of carbonyl (C=O) groups excluding carboxylic acids is 2. The fourth-order valence-electron chi connectivity index (χ4n) is 3.01. The molecule has 10 heteroatoms. The van der Waals surface area contributed by atoms with Gasteiger partial charge >= 0.3 is 11.8 Å². The number of nitrogens with zero attached hydrogens (tertiary/aromatic N) is 1. The molecule has 0 aliphatic rings. The van der Waals surface area contributed by atoms with Crippen LogP contribution in [0.4, 0.5) is 5.69 Å². The van der Waals surface area contributed by atoms with Crippen molar-refractivity contribution in [2.45, 2.75) is 13.5 Å². The van der Waals surface area contributed by atoms with Crippen molar-refractivity contribution < 1.29 is 23.8 Å². The third-order valence-electron chi connectivity index (χ3n) is 4.90. The molecular weight excluding hydrogens is 493 g/mol. The summed E-state index contributed by atoms with van der Waals surface area (Å²) in [7, 11) is 2.97. The second-order valence-corrected chi connectivity index (χ2v) is 7.96. The Hall–Kier alpha value is -3.75. The number of hydrazone groups is 1. The van der Waals surface area contributed by atoms with E-state index in [1.54, 1.807) is 67.6 Å². The van der Waals surface area contributed by atoms with Crippen LogP contribution in [0.3, 0.4) is 0 Å². The van der Waals surface area contributed by atoms with Crippen LogP contribution in [0.15, 0.2) is 65.8 Å². The molecule has 0 fully saturated rings. The molecule has 0 saturated carbocycles. The summed E-state index contributed by atoms with van der Waals surface area (Å²) >= 11 is 12.4. The maximum atomic E-state index is 12.2. The van der Waals surface area contributed by atoms with Gasteiger partial charge in [0.2, 0.25) is 0 Å². The highest BCUT2D eigenvalue weighted by Gasteiger charge is 2.16. The van der Waals surface area contributed by atoms with Gasteiger partial charge < -0.3 is 19.5 Å². The normalized spacial score (nSPS) is 10.9. The molecule has 182 valence electrons. The molecule has 0 radical (unpaired) electrons. The minimum Gasteiger partial charge on any atom is -0.495 e. The Morgan fingerprint density at radius 2 is 1.54 bits per heavy atom. The van der Waals surface area contributed by atoms with Crippen LogP contribution in [0.1, 0.15) is 18.1 Å². The first kappa shape index (κ1) is 25.9. The quantitative estimate of drug-likeness (QED) is 0.248. The van der Waals surface area contributed by atoms with E-state index < -0.39 is 11.8 Å². The van der Waals surface area contributed by atoms with E-state index in [0.29, 0.717) is 49.8 Å². The van der Waals surface area contributed by atoms with Crippen molar-refractivity contribution in [3.05, 3.63) is 81.8 Å². The first-order valence-corrected chi connectivity index (χ1v) is 11.1. The lowest BCUT2D eigenvalue weighted by Gasteiger charge is -2.14. The molecule has 0 bridgehead atoms. The molecule has 2 N–H and O–H groups in total. The number of hydrogen-bond donors (Lipinski definition) is 2. The number of amides is 2. The van der Waals surface area contributed by atoms with Crippen molar-refractivity contribution >= 4 is 46.4 Å². The second-order valence-electron chi connectivity index (χ2n) is 7.15. The number of ether oxygens (including phenoxy) is 3. The van der Waals surface area contributed by atoms with Crippen LogP contribution >= 0.6 is 23.2 Å². The number of methoxy groups -OCH3 is 2. The molecule has 35 heavy (non-hydrogen) atoms. The van der Waals surface area contributed by atoms with Crippen molar-refractivity contribution in [1.82, 2.24) is 5.43 Å². The summed E-state index contributed by atoms with van der Waals surface area (Å²) in [4.78, 5) is 24.4. The summed E-state index contributed by atoms with van der Waals surface area (Å²) in [5, 5.41) is 7.50. The van der Waals surface area contributed by atoms with Crippen molar-refractivity contribution in [3.63, 3.8) is 0 Å². The second kappa shape index (κ2) is 12.1. The van der Waals surface area contributed by atoms with Gasteiger partial charge in [0.1, 0.15) is 12.4 Å². The highest BCUT2D eigenvalue weighted by atomic mass is 35.5. The Labute approximate surface area is 212 Å². The number of nitrogens with one attached hydrogen (secondary N) is 2. The summed E-state index contributed by atoms with van der Waals surface area (Å²) in [6, 6.07) is 17.1.